The Bertz CT molecular complexity index is 807. The van der Waals surface area contributed by atoms with Crippen LogP contribution in [0.15, 0.2) is 24.3 Å². The SMILES string of the molecule is Cc1cc(-c2c(C)cccc2C)sc1C(=O)N1CCN(C2CCCC2)CC1. The lowest BCUT2D eigenvalue weighted by Gasteiger charge is -2.38. The van der Waals surface area contributed by atoms with Gasteiger partial charge in [0.1, 0.15) is 0 Å². The van der Waals surface area contributed by atoms with E-state index in [1.807, 2.05) is 0 Å². The first-order valence-corrected chi connectivity index (χ1v) is 11.1. The minimum absolute atomic E-state index is 0.223. The second-order valence-electron chi connectivity index (χ2n) is 8.16. The fourth-order valence-electron chi connectivity index (χ4n) is 4.72. The van der Waals surface area contributed by atoms with Gasteiger partial charge in [0.2, 0.25) is 0 Å². The summed E-state index contributed by atoms with van der Waals surface area (Å²) in [5.41, 5.74) is 4.96. The van der Waals surface area contributed by atoms with Gasteiger partial charge in [0.05, 0.1) is 4.88 Å². The van der Waals surface area contributed by atoms with E-state index in [9.17, 15) is 4.79 Å². The van der Waals surface area contributed by atoms with Crippen LogP contribution in [0.25, 0.3) is 10.4 Å². The molecule has 3 nitrogen and oxygen atoms in total. The van der Waals surface area contributed by atoms with Crippen molar-refractivity contribution in [3.05, 3.63) is 45.8 Å². The number of aryl methyl sites for hydroxylation is 3. The largest absolute Gasteiger partial charge is 0.335 e. The molecule has 1 amide bonds. The molecule has 1 saturated carbocycles. The Hall–Kier alpha value is -1.65. The quantitative estimate of drug-likeness (QED) is 0.742. The molecule has 2 aliphatic rings. The Labute approximate surface area is 167 Å². The molecule has 0 N–H and O–H groups in total. The molecule has 1 saturated heterocycles. The predicted octanol–water partition coefficient (Wildman–Crippen LogP) is 5.04. The summed E-state index contributed by atoms with van der Waals surface area (Å²) in [4.78, 5) is 20.0. The van der Waals surface area contributed by atoms with Gasteiger partial charge in [-0.3, -0.25) is 9.69 Å². The lowest BCUT2D eigenvalue weighted by atomic mass is 10.0. The standard InChI is InChI=1S/C23H30N2OS/c1-16-7-6-8-17(2)21(16)20-15-18(3)22(27-20)23(26)25-13-11-24(12-14-25)19-9-4-5-10-19/h6-8,15,19H,4-5,9-14H2,1-3H3. The minimum atomic E-state index is 0.223. The number of amides is 1. The van der Waals surface area contributed by atoms with Gasteiger partial charge in [-0.15, -0.1) is 11.3 Å². The molecule has 1 aliphatic carbocycles. The number of hydrogen-bond donors (Lipinski definition) is 0. The van der Waals surface area contributed by atoms with E-state index >= 15 is 0 Å². The van der Waals surface area contributed by atoms with Gasteiger partial charge in [0.15, 0.2) is 0 Å². The Morgan fingerprint density at radius 1 is 0.963 bits per heavy atom. The average Bonchev–Trinajstić information content (AvgIpc) is 3.31. The van der Waals surface area contributed by atoms with E-state index in [2.05, 4.69) is 54.8 Å². The molecule has 27 heavy (non-hydrogen) atoms. The van der Waals surface area contributed by atoms with Crippen molar-refractivity contribution in [1.82, 2.24) is 9.80 Å². The van der Waals surface area contributed by atoms with Crippen LogP contribution in [0.3, 0.4) is 0 Å². The number of benzene rings is 1. The molecule has 4 heteroatoms. The Morgan fingerprint density at radius 2 is 1.59 bits per heavy atom. The summed E-state index contributed by atoms with van der Waals surface area (Å²) >= 11 is 1.66. The molecule has 1 aromatic heterocycles. The van der Waals surface area contributed by atoms with Crippen molar-refractivity contribution in [3.8, 4) is 10.4 Å². The fraction of sp³-hybridized carbons (Fsp3) is 0.522. The molecule has 0 atom stereocenters. The number of thiophene rings is 1. The summed E-state index contributed by atoms with van der Waals surface area (Å²) in [7, 11) is 0. The van der Waals surface area contributed by atoms with Crippen LogP contribution in [0, 0.1) is 20.8 Å². The number of nitrogens with zero attached hydrogens (tertiary/aromatic N) is 2. The molecule has 2 aromatic rings. The zero-order valence-corrected chi connectivity index (χ0v) is 17.6. The molecule has 2 fully saturated rings. The smallest absolute Gasteiger partial charge is 0.264 e. The second kappa shape index (κ2) is 7.76. The highest BCUT2D eigenvalue weighted by Crippen LogP contribution is 2.36. The van der Waals surface area contributed by atoms with E-state index in [4.69, 9.17) is 0 Å². The highest BCUT2D eigenvalue weighted by atomic mass is 32.1. The molecule has 0 bridgehead atoms. The van der Waals surface area contributed by atoms with Crippen LogP contribution in [0.4, 0.5) is 0 Å². The number of piperazine rings is 1. The molecular formula is C23H30N2OS. The number of carbonyl (C=O) groups excluding carboxylic acids is 1. The minimum Gasteiger partial charge on any atom is -0.335 e. The van der Waals surface area contributed by atoms with Gasteiger partial charge in [-0.1, -0.05) is 31.0 Å². The summed E-state index contributed by atoms with van der Waals surface area (Å²) in [5, 5.41) is 0. The lowest BCUT2D eigenvalue weighted by molar-refractivity contribution is 0.0577. The maximum absolute atomic E-state index is 13.2. The van der Waals surface area contributed by atoms with Crippen molar-refractivity contribution in [3.63, 3.8) is 0 Å². The second-order valence-corrected chi connectivity index (χ2v) is 9.21. The third-order valence-electron chi connectivity index (χ3n) is 6.28. The average molecular weight is 383 g/mol. The third-order valence-corrected chi connectivity index (χ3v) is 7.52. The molecule has 4 rings (SSSR count). The van der Waals surface area contributed by atoms with Gasteiger partial charge < -0.3 is 4.90 Å². The summed E-state index contributed by atoms with van der Waals surface area (Å²) < 4.78 is 0. The third kappa shape index (κ3) is 3.70. The molecule has 0 spiro atoms. The summed E-state index contributed by atoms with van der Waals surface area (Å²) in [6.45, 7) is 10.2. The van der Waals surface area contributed by atoms with Crippen LogP contribution in [0.1, 0.15) is 52.0 Å². The van der Waals surface area contributed by atoms with Gasteiger partial charge >= 0.3 is 0 Å². The molecule has 0 radical (unpaired) electrons. The van der Waals surface area contributed by atoms with Crippen LogP contribution < -0.4 is 0 Å². The molecule has 2 heterocycles. The first-order valence-electron chi connectivity index (χ1n) is 10.2. The van der Waals surface area contributed by atoms with Gasteiger partial charge in [-0.2, -0.15) is 0 Å². The molecular weight excluding hydrogens is 352 g/mol. The van der Waals surface area contributed by atoms with Crippen molar-refractivity contribution in [2.45, 2.75) is 52.5 Å². The molecule has 0 unspecified atom stereocenters. The van der Waals surface area contributed by atoms with Crippen molar-refractivity contribution < 1.29 is 4.79 Å². The molecule has 1 aliphatic heterocycles. The van der Waals surface area contributed by atoms with Crippen molar-refractivity contribution in [2.24, 2.45) is 0 Å². The normalized spacial score (nSPS) is 19.0. The number of carbonyl (C=O) groups is 1. The first-order chi connectivity index (χ1) is 13.0. The van der Waals surface area contributed by atoms with Gasteiger partial charge in [-0.25, -0.2) is 0 Å². The van der Waals surface area contributed by atoms with E-state index in [1.165, 1.54) is 47.3 Å². The van der Waals surface area contributed by atoms with Crippen LogP contribution in [0.2, 0.25) is 0 Å². The van der Waals surface area contributed by atoms with E-state index in [-0.39, 0.29) is 5.91 Å². The molecule has 1 aromatic carbocycles. The monoisotopic (exact) mass is 382 g/mol. The van der Waals surface area contributed by atoms with E-state index in [0.29, 0.717) is 0 Å². The van der Waals surface area contributed by atoms with E-state index in [1.54, 1.807) is 11.3 Å². The van der Waals surface area contributed by atoms with E-state index in [0.717, 1.165) is 42.7 Å². The van der Waals surface area contributed by atoms with Crippen LogP contribution in [-0.2, 0) is 0 Å². The maximum atomic E-state index is 13.2. The van der Waals surface area contributed by atoms with E-state index < -0.39 is 0 Å². The highest BCUT2D eigenvalue weighted by Gasteiger charge is 2.29. The van der Waals surface area contributed by atoms with Crippen LogP contribution >= 0.6 is 11.3 Å². The van der Waals surface area contributed by atoms with Gasteiger partial charge in [0, 0.05) is 37.1 Å². The zero-order chi connectivity index (χ0) is 19.0. The topological polar surface area (TPSA) is 23.6 Å². The highest BCUT2D eigenvalue weighted by molar-refractivity contribution is 7.17. The predicted molar refractivity (Wildman–Crippen MR) is 114 cm³/mol. The number of hydrogen-bond acceptors (Lipinski definition) is 3. The fourth-order valence-corrected chi connectivity index (χ4v) is 6.04. The Morgan fingerprint density at radius 3 is 2.22 bits per heavy atom. The van der Waals surface area contributed by atoms with Crippen molar-refractivity contribution in [2.75, 3.05) is 26.2 Å². The molecule has 144 valence electrons. The number of rotatable bonds is 3. The van der Waals surface area contributed by atoms with Gasteiger partial charge in [-0.05, 0) is 61.9 Å². The van der Waals surface area contributed by atoms with Crippen LogP contribution in [-0.4, -0.2) is 47.9 Å². The maximum Gasteiger partial charge on any atom is 0.264 e. The Kier molecular flexibility index (Phi) is 5.38. The van der Waals surface area contributed by atoms with Crippen molar-refractivity contribution in [1.29, 1.82) is 0 Å². The van der Waals surface area contributed by atoms with Crippen LogP contribution in [0.5, 0.6) is 0 Å². The zero-order valence-electron chi connectivity index (χ0n) is 16.8. The summed E-state index contributed by atoms with van der Waals surface area (Å²) in [5.74, 6) is 0.223. The Balaban J connectivity index is 1.49. The lowest BCUT2D eigenvalue weighted by Crippen LogP contribution is -2.51. The first kappa shape index (κ1) is 18.7. The summed E-state index contributed by atoms with van der Waals surface area (Å²) in [6.07, 6.45) is 5.44. The van der Waals surface area contributed by atoms with Crippen molar-refractivity contribution >= 4 is 17.2 Å². The van der Waals surface area contributed by atoms with Gasteiger partial charge in [0.25, 0.3) is 5.91 Å². The summed E-state index contributed by atoms with van der Waals surface area (Å²) in [6, 6.07) is 9.37.